The highest BCUT2D eigenvalue weighted by atomic mass is 79.9. The van der Waals surface area contributed by atoms with E-state index in [1.165, 1.54) is 25.0 Å². The molecule has 1 aromatic carbocycles. The maximum absolute atomic E-state index is 13.0. The largest absolute Gasteiger partial charge is 0.396 e. The Labute approximate surface area is 116 Å². The van der Waals surface area contributed by atoms with E-state index in [1.54, 1.807) is 0 Å². The number of aliphatic hydroxyl groups excluding tert-OH is 1. The number of rotatable bonds is 6. The van der Waals surface area contributed by atoms with Crippen molar-refractivity contribution in [2.24, 2.45) is 5.41 Å². The van der Waals surface area contributed by atoms with Gasteiger partial charge in [0.15, 0.2) is 0 Å². The third-order valence-electron chi connectivity index (χ3n) is 3.81. The van der Waals surface area contributed by atoms with Gasteiger partial charge in [0.25, 0.3) is 0 Å². The van der Waals surface area contributed by atoms with Gasteiger partial charge in [-0.3, -0.25) is 0 Å². The van der Waals surface area contributed by atoms with Gasteiger partial charge in [-0.05, 0) is 49.3 Å². The van der Waals surface area contributed by atoms with Crippen LogP contribution >= 0.6 is 15.9 Å². The molecule has 0 saturated heterocycles. The van der Waals surface area contributed by atoms with E-state index in [9.17, 15) is 4.39 Å². The van der Waals surface area contributed by atoms with E-state index in [1.807, 2.05) is 6.07 Å². The summed E-state index contributed by atoms with van der Waals surface area (Å²) in [6.07, 6.45) is 3.26. The van der Waals surface area contributed by atoms with Crippen LogP contribution in [-0.4, -0.2) is 18.3 Å². The van der Waals surface area contributed by atoms with E-state index in [0.717, 1.165) is 23.0 Å². The first kappa shape index (κ1) is 14.0. The first-order valence-corrected chi connectivity index (χ1v) is 7.15. The summed E-state index contributed by atoms with van der Waals surface area (Å²) < 4.78 is 13.8. The molecule has 1 aliphatic rings. The van der Waals surface area contributed by atoms with Crippen LogP contribution in [0.1, 0.15) is 37.8 Å². The van der Waals surface area contributed by atoms with Gasteiger partial charge in [0.1, 0.15) is 5.82 Å². The molecule has 18 heavy (non-hydrogen) atoms. The molecule has 0 aromatic heterocycles. The predicted octanol–water partition coefficient (Wildman–Crippen LogP) is 3.40. The Morgan fingerprint density at radius 3 is 2.78 bits per heavy atom. The Balaban J connectivity index is 1.93. The normalized spacial score (nSPS) is 18.7. The molecule has 1 atom stereocenters. The van der Waals surface area contributed by atoms with Gasteiger partial charge in [0.05, 0.1) is 0 Å². The molecule has 0 amide bonds. The molecule has 4 heteroatoms. The van der Waals surface area contributed by atoms with Crippen molar-refractivity contribution in [3.05, 3.63) is 34.1 Å². The van der Waals surface area contributed by atoms with Crippen molar-refractivity contribution in [3.63, 3.8) is 0 Å². The van der Waals surface area contributed by atoms with E-state index < -0.39 is 0 Å². The topological polar surface area (TPSA) is 32.3 Å². The van der Waals surface area contributed by atoms with Crippen molar-refractivity contribution in [2.45, 2.75) is 32.2 Å². The van der Waals surface area contributed by atoms with Crippen LogP contribution < -0.4 is 5.32 Å². The second-order valence-electron chi connectivity index (χ2n) is 5.24. The minimum absolute atomic E-state index is 0.177. The van der Waals surface area contributed by atoms with Gasteiger partial charge in [0, 0.05) is 23.7 Å². The number of nitrogens with one attached hydrogen (secondary N) is 1. The zero-order chi connectivity index (χ0) is 13.2. The summed E-state index contributed by atoms with van der Waals surface area (Å²) in [7, 11) is 0. The third kappa shape index (κ3) is 3.31. The van der Waals surface area contributed by atoms with Gasteiger partial charge < -0.3 is 10.4 Å². The molecular formula is C14H19BrFNO. The Morgan fingerprint density at radius 2 is 2.22 bits per heavy atom. The molecular weight excluding hydrogens is 297 g/mol. The summed E-state index contributed by atoms with van der Waals surface area (Å²) in [6, 6.07) is 4.96. The maximum Gasteiger partial charge on any atom is 0.124 e. The fourth-order valence-corrected chi connectivity index (χ4v) is 2.96. The lowest BCUT2D eigenvalue weighted by Gasteiger charge is -2.20. The monoisotopic (exact) mass is 315 g/mol. The van der Waals surface area contributed by atoms with Crippen LogP contribution in [0.5, 0.6) is 0 Å². The number of aliphatic hydroxyl groups is 1. The summed E-state index contributed by atoms with van der Waals surface area (Å²) in [5, 5.41) is 12.5. The molecule has 0 aliphatic heterocycles. The summed E-state index contributed by atoms with van der Waals surface area (Å²) >= 11 is 3.39. The molecule has 1 aliphatic carbocycles. The first-order valence-electron chi connectivity index (χ1n) is 6.35. The van der Waals surface area contributed by atoms with Gasteiger partial charge in [0.2, 0.25) is 0 Å². The van der Waals surface area contributed by atoms with Gasteiger partial charge in [-0.25, -0.2) is 4.39 Å². The summed E-state index contributed by atoms with van der Waals surface area (Å²) in [6.45, 7) is 3.25. The van der Waals surface area contributed by atoms with Gasteiger partial charge in [-0.2, -0.15) is 0 Å². The second kappa shape index (κ2) is 5.68. The minimum atomic E-state index is -0.225. The highest BCUT2D eigenvalue weighted by Gasteiger charge is 2.41. The fourth-order valence-electron chi connectivity index (χ4n) is 2.26. The van der Waals surface area contributed by atoms with Crippen LogP contribution in [0.2, 0.25) is 0 Å². The van der Waals surface area contributed by atoms with Crippen molar-refractivity contribution in [3.8, 4) is 0 Å². The molecule has 0 heterocycles. The number of hydrogen-bond acceptors (Lipinski definition) is 2. The minimum Gasteiger partial charge on any atom is -0.396 e. The highest BCUT2D eigenvalue weighted by molar-refractivity contribution is 9.10. The molecule has 1 saturated carbocycles. The lowest BCUT2D eigenvalue weighted by molar-refractivity contribution is 0.243. The average Bonchev–Trinajstić information content (AvgIpc) is 3.07. The Kier molecular flexibility index (Phi) is 4.41. The Bertz CT molecular complexity index is 420. The lowest BCUT2D eigenvalue weighted by Crippen LogP contribution is -2.27. The van der Waals surface area contributed by atoms with Crippen LogP contribution in [-0.2, 0) is 0 Å². The number of halogens is 2. The quantitative estimate of drug-likeness (QED) is 0.843. The molecule has 1 aromatic rings. The lowest BCUT2D eigenvalue weighted by atomic mass is 10.0. The Morgan fingerprint density at radius 1 is 1.50 bits per heavy atom. The van der Waals surface area contributed by atoms with E-state index in [-0.39, 0.29) is 18.5 Å². The Hall–Kier alpha value is -0.450. The van der Waals surface area contributed by atoms with Crippen molar-refractivity contribution < 1.29 is 9.50 Å². The predicted molar refractivity (Wildman–Crippen MR) is 73.9 cm³/mol. The SMILES string of the molecule is CC(NCC1(CCO)CC1)c1ccc(F)cc1Br. The first-order chi connectivity index (χ1) is 8.56. The van der Waals surface area contributed by atoms with Crippen LogP contribution in [0, 0.1) is 11.2 Å². The van der Waals surface area contributed by atoms with Crippen LogP contribution in [0.25, 0.3) is 0 Å². The molecule has 0 radical (unpaired) electrons. The van der Waals surface area contributed by atoms with Crippen LogP contribution in [0.4, 0.5) is 4.39 Å². The highest BCUT2D eigenvalue weighted by Crippen LogP contribution is 2.48. The van der Waals surface area contributed by atoms with E-state index >= 15 is 0 Å². The zero-order valence-electron chi connectivity index (χ0n) is 10.5. The summed E-state index contributed by atoms with van der Waals surface area (Å²) in [4.78, 5) is 0. The summed E-state index contributed by atoms with van der Waals surface area (Å²) in [5.74, 6) is -0.225. The molecule has 2 rings (SSSR count). The third-order valence-corrected chi connectivity index (χ3v) is 4.50. The molecule has 1 fully saturated rings. The van der Waals surface area contributed by atoms with Crippen LogP contribution in [0.3, 0.4) is 0 Å². The maximum atomic E-state index is 13.0. The van der Waals surface area contributed by atoms with E-state index in [2.05, 4.69) is 28.2 Å². The second-order valence-corrected chi connectivity index (χ2v) is 6.10. The number of hydrogen-bond donors (Lipinski definition) is 2. The van der Waals surface area contributed by atoms with Gasteiger partial charge in [-0.1, -0.05) is 22.0 Å². The van der Waals surface area contributed by atoms with E-state index in [0.29, 0.717) is 5.41 Å². The fraction of sp³-hybridized carbons (Fsp3) is 0.571. The molecule has 2 nitrogen and oxygen atoms in total. The smallest absolute Gasteiger partial charge is 0.124 e. The van der Waals surface area contributed by atoms with Gasteiger partial charge >= 0.3 is 0 Å². The number of benzene rings is 1. The van der Waals surface area contributed by atoms with E-state index in [4.69, 9.17) is 5.11 Å². The molecule has 0 spiro atoms. The standard InChI is InChI=1S/C14H19BrFNO/c1-10(12-3-2-11(16)8-13(12)15)17-9-14(4-5-14)6-7-18/h2-3,8,10,17-18H,4-7,9H2,1H3. The molecule has 2 N–H and O–H groups in total. The molecule has 0 bridgehead atoms. The van der Waals surface area contributed by atoms with Crippen molar-refractivity contribution in [1.82, 2.24) is 5.32 Å². The van der Waals surface area contributed by atoms with Gasteiger partial charge in [-0.15, -0.1) is 0 Å². The van der Waals surface area contributed by atoms with Crippen molar-refractivity contribution in [1.29, 1.82) is 0 Å². The van der Waals surface area contributed by atoms with Crippen LogP contribution in [0.15, 0.2) is 22.7 Å². The summed E-state index contributed by atoms with van der Waals surface area (Å²) in [5.41, 5.74) is 1.37. The zero-order valence-corrected chi connectivity index (χ0v) is 12.1. The molecule has 1 unspecified atom stereocenters. The van der Waals surface area contributed by atoms with Crippen molar-refractivity contribution in [2.75, 3.05) is 13.2 Å². The average molecular weight is 316 g/mol. The van der Waals surface area contributed by atoms with Crippen molar-refractivity contribution >= 4 is 15.9 Å². The molecule has 100 valence electrons.